The molecule has 1 saturated heterocycles. The Kier molecular flexibility index (Phi) is 2.26. The second-order valence-corrected chi connectivity index (χ2v) is 4.73. The van der Waals surface area contributed by atoms with E-state index in [0.29, 0.717) is 12.0 Å². The Morgan fingerprint density at radius 2 is 2.17 bits per heavy atom. The molecule has 1 heterocycles. The zero-order chi connectivity index (χ0) is 12.9. The Labute approximate surface area is 105 Å². The highest BCUT2D eigenvalue weighted by Crippen LogP contribution is 2.49. The molecular formula is C14H13NO3. The normalized spacial score (nSPS) is 27.5. The second-order valence-electron chi connectivity index (χ2n) is 4.73. The van der Waals surface area contributed by atoms with Crippen LogP contribution in [-0.4, -0.2) is 21.8 Å². The molecule has 0 bridgehead atoms. The van der Waals surface area contributed by atoms with Gasteiger partial charge in [-0.25, -0.2) is 0 Å². The first-order valence-corrected chi connectivity index (χ1v) is 5.91. The van der Waals surface area contributed by atoms with Crippen LogP contribution in [0, 0.1) is 5.92 Å². The van der Waals surface area contributed by atoms with Crippen LogP contribution in [0.15, 0.2) is 36.1 Å². The van der Waals surface area contributed by atoms with E-state index in [1.165, 1.54) is 11.8 Å². The van der Waals surface area contributed by atoms with E-state index in [1.807, 2.05) is 24.3 Å². The van der Waals surface area contributed by atoms with Crippen LogP contribution in [0.1, 0.15) is 24.1 Å². The number of imide groups is 1. The number of benzene rings is 1. The van der Waals surface area contributed by atoms with Crippen molar-refractivity contribution in [2.75, 3.05) is 0 Å². The van der Waals surface area contributed by atoms with E-state index in [-0.39, 0.29) is 23.8 Å². The van der Waals surface area contributed by atoms with Crippen LogP contribution in [0.25, 0.3) is 0 Å². The Morgan fingerprint density at radius 1 is 1.44 bits per heavy atom. The lowest BCUT2D eigenvalue weighted by Gasteiger charge is -2.20. The third kappa shape index (κ3) is 1.26. The van der Waals surface area contributed by atoms with E-state index < -0.39 is 0 Å². The summed E-state index contributed by atoms with van der Waals surface area (Å²) in [7, 11) is 0. The van der Waals surface area contributed by atoms with Gasteiger partial charge in [0, 0.05) is 12.8 Å². The van der Waals surface area contributed by atoms with Crippen molar-refractivity contribution in [3.63, 3.8) is 0 Å². The van der Waals surface area contributed by atoms with Crippen LogP contribution in [-0.2, 0) is 16.0 Å². The molecule has 1 aliphatic heterocycles. The van der Waals surface area contributed by atoms with Crippen molar-refractivity contribution in [1.29, 1.82) is 0 Å². The van der Waals surface area contributed by atoms with Crippen molar-refractivity contribution >= 4 is 11.8 Å². The average molecular weight is 243 g/mol. The Hall–Kier alpha value is -2.10. The zero-order valence-corrected chi connectivity index (χ0v) is 9.96. The highest BCUT2D eigenvalue weighted by molar-refractivity contribution is 6.07. The highest BCUT2D eigenvalue weighted by Gasteiger charge is 2.50. The van der Waals surface area contributed by atoms with Crippen molar-refractivity contribution in [2.45, 2.75) is 19.4 Å². The second kappa shape index (κ2) is 3.70. The Morgan fingerprint density at radius 3 is 2.83 bits per heavy atom. The molecule has 1 N–H and O–H groups in total. The summed E-state index contributed by atoms with van der Waals surface area (Å²) in [6.07, 6.45) is 1.55. The van der Waals surface area contributed by atoms with Gasteiger partial charge in [-0.05, 0) is 17.5 Å². The van der Waals surface area contributed by atoms with E-state index in [1.54, 1.807) is 0 Å². The molecule has 1 fully saturated rings. The summed E-state index contributed by atoms with van der Waals surface area (Å²) in [6, 6.07) is 7.56. The predicted octanol–water partition coefficient (Wildman–Crippen LogP) is 1.73. The fourth-order valence-corrected chi connectivity index (χ4v) is 3.09. The zero-order valence-electron chi connectivity index (χ0n) is 9.96. The molecular weight excluding hydrogens is 230 g/mol. The van der Waals surface area contributed by atoms with E-state index in [0.717, 1.165) is 17.4 Å². The van der Waals surface area contributed by atoms with Gasteiger partial charge in [0.05, 0.1) is 17.9 Å². The fraction of sp³-hybridized carbons (Fsp3) is 0.286. The lowest BCUT2D eigenvalue weighted by Crippen LogP contribution is -2.32. The van der Waals surface area contributed by atoms with Gasteiger partial charge in [0.15, 0.2) is 0 Å². The van der Waals surface area contributed by atoms with Crippen molar-refractivity contribution in [3.8, 4) is 0 Å². The molecule has 4 nitrogen and oxygen atoms in total. The predicted molar refractivity (Wildman–Crippen MR) is 64.6 cm³/mol. The number of amides is 2. The number of carbonyl (C=O) groups is 2. The van der Waals surface area contributed by atoms with Crippen LogP contribution < -0.4 is 0 Å². The maximum absolute atomic E-state index is 12.1. The highest BCUT2D eigenvalue weighted by atomic mass is 16.2. The molecule has 1 aromatic rings. The largest absolute Gasteiger partial charge is 0.515 e. The van der Waals surface area contributed by atoms with Gasteiger partial charge in [-0.15, -0.1) is 0 Å². The number of hydrogen-bond donors (Lipinski definition) is 1. The van der Waals surface area contributed by atoms with Crippen molar-refractivity contribution in [1.82, 2.24) is 4.90 Å². The molecule has 3 rings (SSSR count). The van der Waals surface area contributed by atoms with Crippen LogP contribution in [0.5, 0.6) is 0 Å². The lowest BCUT2D eigenvalue weighted by atomic mass is 9.97. The Bertz CT molecular complexity index is 576. The maximum Gasteiger partial charge on any atom is 0.260 e. The number of hydrogen-bond acceptors (Lipinski definition) is 3. The standard InChI is InChI=1S/C14H13NO3/c1-8(17)15-13-10-5-3-2-4-9(10)6-11(13)12(7-16)14(15)18/h2-5,7,11,13,16H,6H2,1H3/b12-7-. The maximum atomic E-state index is 12.1. The number of likely N-dealkylation sites (tertiary alicyclic amines) is 1. The quantitative estimate of drug-likeness (QED) is 0.557. The van der Waals surface area contributed by atoms with Gasteiger partial charge in [0.1, 0.15) is 0 Å². The minimum Gasteiger partial charge on any atom is -0.515 e. The monoisotopic (exact) mass is 243 g/mol. The van der Waals surface area contributed by atoms with E-state index in [4.69, 9.17) is 0 Å². The molecule has 0 spiro atoms. The lowest BCUT2D eigenvalue weighted by molar-refractivity contribution is -0.141. The first-order valence-electron chi connectivity index (χ1n) is 5.91. The number of carbonyl (C=O) groups excluding carboxylic acids is 2. The minimum atomic E-state index is -0.366. The van der Waals surface area contributed by atoms with Crippen LogP contribution in [0.4, 0.5) is 0 Å². The minimum absolute atomic E-state index is 0.108. The molecule has 1 aromatic carbocycles. The summed E-state index contributed by atoms with van der Waals surface area (Å²) in [6.45, 7) is 1.39. The summed E-state index contributed by atoms with van der Waals surface area (Å²) in [5.74, 6) is -0.748. The SMILES string of the molecule is CC(=O)N1C(=O)/C(=C\O)C2Cc3ccccc3C21. The molecule has 18 heavy (non-hydrogen) atoms. The number of rotatable bonds is 0. The van der Waals surface area contributed by atoms with Crippen molar-refractivity contribution < 1.29 is 14.7 Å². The molecule has 2 amide bonds. The smallest absolute Gasteiger partial charge is 0.260 e. The summed E-state index contributed by atoms with van der Waals surface area (Å²) in [5.41, 5.74) is 2.50. The molecule has 0 aromatic heterocycles. The molecule has 2 aliphatic rings. The van der Waals surface area contributed by atoms with E-state index >= 15 is 0 Å². The van der Waals surface area contributed by atoms with Gasteiger partial charge in [-0.1, -0.05) is 24.3 Å². The number of nitrogens with zero attached hydrogens (tertiary/aromatic N) is 1. The third-order valence-corrected chi connectivity index (χ3v) is 3.82. The van der Waals surface area contributed by atoms with E-state index in [2.05, 4.69) is 0 Å². The first kappa shape index (κ1) is 11.0. The van der Waals surface area contributed by atoms with Crippen molar-refractivity contribution in [3.05, 3.63) is 47.2 Å². The van der Waals surface area contributed by atoms with Gasteiger partial charge in [0.2, 0.25) is 5.91 Å². The summed E-state index contributed by atoms with van der Waals surface area (Å²) in [5, 5.41) is 9.24. The molecule has 2 atom stereocenters. The number of aliphatic hydroxyl groups is 1. The van der Waals surface area contributed by atoms with E-state index in [9.17, 15) is 14.7 Å². The summed E-state index contributed by atoms with van der Waals surface area (Å²) >= 11 is 0. The third-order valence-electron chi connectivity index (χ3n) is 3.82. The molecule has 2 unspecified atom stereocenters. The molecule has 0 saturated carbocycles. The number of fused-ring (bicyclic) bond motifs is 3. The first-order chi connectivity index (χ1) is 8.65. The fourth-order valence-electron chi connectivity index (χ4n) is 3.09. The van der Waals surface area contributed by atoms with Crippen molar-refractivity contribution in [2.24, 2.45) is 5.92 Å². The molecule has 1 aliphatic carbocycles. The summed E-state index contributed by atoms with van der Waals surface area (Å²) < 4.78 is 0. The number of aliphatic hydroxyl groups excluding tert-OH is 1. The average Bonchev–Trinajstić information content (AvgIpc) is 2.82. The molecule has 92 valence electrons. The molecule has 4 heteroatoms. The Balaban J connectivity index is 2.16. The van der Waals surface area contributed by atoms with Gasteiger partial charge in [0.25, 0.3) is 5.91 Å². The topological polar surface area (TPSA) is 57.6 Å². The van der Waals surface area contributed by atoms with Crippen LogP contribution in [0.3, 0.4) is 0 Å². The van der Waals surface area contributed by atoms with Gasteiger partial charge < -0.3 is 5.11 Å². The van der Waals surface area contributed by atoms with Gasteiger partial charge >= 0.3 is 0 Å². The molecule has 0 radical (unpaired) electrons. The van der Waals surface area contributed by atoms with Gasteiger partial charge in [-0.3, -0.25) is 14.5 Å². The van der Waals surface area contributed by atoms with Gasteiger partial charge in [-0.2, -0.15) is 0 Å². The summed E-state index contributed by atoms with van der Waals surface area (Å²) in [4.78, 5) is 25.0. The van der Waals surface area contributed by atoms with Crippen LogP contribution >= 0.6 is 0 Å². The van der Waals surface area contributed by atoms with Crippen LogP contribution in [0.2, 0.25) is 0 Å².